The molecule has 0 bridgehead atoms. The van der Waals surface area contributed by atoms with Gasteiger partial charge in [-0.05, 0) is 51.1 Å². The molecule has 0 aromatic heterocycles. The number of esters is 2. The molecule has 8 heteroatoms. The summed E-state index contributed by atoms with van der Waals surface area (Å²) >= 11 is -0.259. The van der Waals surface area contributed by atoms with Crippen LogP contribution in [0.4, 0.5) is 13.2 Å². The predicted molar refractivity (Wildman–Crippen MR) is 99.2 cm³/mol. The molecule has 0 heterocycles. The molecular formula is C20H21F3O4S. The lowest BCUT2D eigenvalue weighted by molar-refractivity contribution is -0.170. The van der Waals surface area contributed by atoms with Gasteiger partial charge in [-0.25, -0.2) is 0 Å². The summed E-state index contributed by atoms with van der Waals surface area (Å²) < 4.78 is 49.8. The maximum absolute atomic E-state index is 13.4. The zero-order chi connectivity index (χ0) is 20.9. The molecule has 0 amide bonds. The number of hydrogen-bond acceptors (Lipinski definition) is 5. The van der Waals surface area contributed by atoms with Crippen molar-refractivity contribution < 1.29 is 32.2 Å². The van der Waals surface area contributed by atoms with Crippen LogP contribution in [0, 0.1) is 11.3 Å². The van der Waals surface area contributed by atoms with E-state index >= 15 is 0 Å². The molecule has 2 aliphatic carbocycles. The molecule has 1 unspecified atom stereocenters. The Morgan fingerprint density at radius 2 is 1.68 bits per heavy atom. The molecule has 1 atom stereocenters. The minimum atomic E-state index is -4.55. The van der Waals surface area contributed by atoms with Gasteiger partial charge >= 0.3 is 17.4 Å². The highest BCUT2D eigenvalue weighted by molar-refractivity contribution is 8.04. The Morgan fingerprint density at radius 3 is 2.21 bits per heavy atom. The molecule has 0 aliphatic heterocycles. The van der Waals surface area contributed by atoms with Crippen LogP contribution in [-0.2, 0) is 24.5 Å². The van der Waals surface area contributed by atoms with E-state index < -0.39 is 40.6 Å². The van der Waals surface area contributed by atoms with Gasteiger partial charge in [0.25, 0.3) is 0 Å². The second kappa shape index (κ2) is 6.83. The van der Waals surface area contributed by atoms with Gasteiger partial charge in [-0.3, -0.25) is 9.59 Å². The molecule has 0 saturated carbocycles. The number of ether oxygens (including phenoxy) is 2. The summed E-state index contributed by atoms with van der Waals surface area (Å²) in [5, 5.41) is 0. The van der Waals surface area contributed by atoms with E-state index in [1.807, 2.05) is 26.0 Å². The third-order valence-electron chi connectivity index (χ3n) is 5.84. The van der Waals surface area contributed by atoms with Crippen LogP contribution in [0.25, 0.3) is 5.57 Å². The molecule has 0 saturated heterocycles. The minimum absolute atomic E-state index is 0.0300. The van der Waals surface area contributed by atoms with E-state index in [0.717, 1.165) is 25.3 Å². The van der Waals surface area contributed by atoms with Crippen LogP contribution in [0.5, 0.6) is 0 Å². The van der Waals surface area contributed by atoms with E-state index in [1.54, 1.807) is 12.1 Å². The molecule has 1 aromatic rings. The lowest BCUT2D eigenvalue weighted by Crippen LogP contribution is -2.47. The number of carbonyl (C=O) groups excluding carboxylic acids is 2. The fourth-order valence-corrected chi connectivity index (χ4v) is 5.48. The number of alkyl halides is 3. The Kier molecular flexibility index (Phi) is 5.06. The largest absolute Gasteiger partial charge is 0.468 e. The first-order valence-corrected chi connectivity index (χ1v) is 9.55. The highest BCUT2D eigenvalue weighted by Crippen LogP contribution is 2.62. The number of allylic oxidation sites excluding steroid dienone is 2. The molecule has 28 heavy (non-hydrogen) atoms. The van der Waals surface area contributed by atoms with E-state index in [9.17, 15) is 22.8 Å². The normalized spacial score (nSPS) is 22.3. The van der Waals surface area contributed by atoms with Crippen molar-refractivity contribution in [1.29, 1.82) is 0 Å². The molecule has 2 aliphatic rings. The van der Waals surface area contributed by atoms with Crippen LogP contribution in [0.2, 0.25) is 0 Å². The van der Waals surface area contributed by atoms with Gasteiger partial charge in [0.05, 0.1) is 14.2 Å². The van der Waals surface area contributed by atoms with Crippen molar-refractivity contribution in [3.05, 3.63) is 40.3 Å². The minimum Gasteiger partial charge on any atom is -0.468 e. The van der Waals surface area contributed by atoms with Gasteiger partial charge in [-0.15, -0.1) is 0 Å². The third-order valence-corrected chi connectivity index (χ3v) is 6.68. The van der Waals surface area contributed by atoms with Crippen LogP contribution < -0.4 is 0 Å². The Hall–Kier alpha value is -1.96. The van der Waals surface area contributed by atoms with Crippen molar-refractivity contribution in [1.82, 2.24) is 0 Å². The van der Waals surface area contributed by atoms with E-state index in [1.165, 1.54) is 0 Å². The Labute approximate surface area is 165 Å². The van der Waals surface area contributed by atoms with Gasteiger partial charge in [0.2, 0.25) is 0 Å². The monoisotopic (exact) mass is 414 g/mol. The Balaban J connectivity index is 2.27. The summed E-state index contributed by atoms with van der Waals surface area (Å²) in [6, 6.07) is 7.30. The fourth-order valence-electron chi connectivity index (χ4n) is 4.52. The number of fused-ring (bicyclic) bond motifs is 3. The number of methoxy groups -OCH3 is 2. The molecule has 0 fully saturated rings. The first-order valence-electron chi connectivity index (χ1n) is 8.73. The van der Waals surface area contributed by atoms with Crippen molar-refractivity contribution in [2.75, 3.05) is 14.2 Å². The Bertz CT molecular complexity index is 841. The van der Waals surface area contributed by atoms with E-state index in [4.69, 9.17) is 9.47 Å². The molecule has 0 N–H and O–H groups in total. The Morgan fingerprint density at radius 1 is 1.11 bits per heavy atom. The maximum Gasteiger partial charge on any atom is 0.446 e. The molecule has 3 rings (SSSR count). The van der Waals surface area contributed by atoms with Gasteiger partial charge in [0, 0.05) is 6.42 Å². The quantitative estimate of drug-likeness (QED) is 0.531. The summed E-state index contributed by atoms with van der Waals surface area (Å²) in [4.78, 5) is 25.2. The number of benzene rings is 1. The first kappa shape index (κ1) is 20.8. The van der Waals surface area contributed by atoms with Crippen LogP contribution in [0.1, 0.15) is 37.8 Å². The van der Waals surface area contributed by atoms with Crippen LogP contribution in [0.15, 0.2) is 29.2 Å². The van der Waals surface area contributed by atoms with Crippen molar-refractivity contribution >= 4 is 29.3 Å². The summed E-state index contributed by atoms with van der Waals surface area (Å²) in [7, 11) is 2.24. The van der Waals surface area contributed by atoms with E-state index in [2.05, 4.69) is 0 Å². The lowest BCUT2D eigenvalue weighted by Gasteiger charge is -2.41. The summed E-state index contributed by atoms with van der Waals surface area (Å²) in [5.41, 5.74) is -4.70. The van der Waals surface area contributed by atoms with Crippen LogP contribution >= 0.6 is 11.8 Å². The van der Waals surface area contributed by atoms with Gasteiger partial charge in [-0.1, -0.05) is 38.1 Å². The molecule has 152 valence electrons. The zero-order valence-electron chi connectivity index (χ0n) is 16.0. The van der Waals surface area contributed by atoms with Crippen molar-refractivity contribution in [2.45, 2.75) is 37.6 Å². The fraction of sp³-hybridized carbons (Fsp3) is 0.500. The lowest BCUT2D eigenvalue weighted by atomic mass is 9.64. The van der Waals surface area contributed by atoms with Crippen molar-refractivity contribution in [3.8, 4) is 0 Å². The summed E-state index contributed by atoms with van der Waals surface area (Å²) in [6.07, 6.45) is -0.363. The number of carbonyl (C=O) groups is 2. The molecular weight excluding hydrogens is 393 g/mol. The van der Waals surface area contributed by atoms with E-state index in [0.29, 0.717) is 5.57 Å². The second-order valence-electron chi connectivity index (χ2n) is 7.65. The first-order chi connectivity index (χ1) is 13.0. The molecule has 0 spiro atoms. The average Bonchev–Trinajstić information content (AvgIpc) is 2.86. The number of thioether (sulfide) groups is 1. The standard InChI is InChI=1S/C20H21F3O4S/c1-18(2)12-8-6-5-7-11(12)15-13(18)9-19(16(24)26-3,17(25)27-4)10-14(15)28-20(21,22)23/h5-8,13H,9-10H2,1-4H3. The third kappa shape index (κ3) is 3.11. The highest BCUT2D eigenvalue weighted by Gasteiger charge is 2.59. The molecule has 0 radical (unpaired) electrons. The van der Waals surface area contributed by atoms with Gasteiger partial charge in [-0.2, -0.15) is 13.2 Å². The number of hydrogen-bond donors (Lipinski definition) is 0. The smallest absolute Gasteiger partial charge is 0.446 e. The topological polar surface area (TPSA) is 52.6 Å². The number of rotatable bonds is 3. The van der Waals surface area contributed by atoms with Gasteiger partial charge in [0.15, 0.2) is 5.41 Å². The van der Waals surface area contributed by atoms with Gasteiger partial charge in [0.1, 0.15) is 0 Å². The zero-order valence-corrected chi connectivity index (χ0v) is 16.8. The van der Waals surface area contributed by atoms with E-state index in [-0.39, 0.29) is 23.1 Å². The summed E-state index contributed by atoms with van der Waals surface area (Å²) in [6.45, 7) is 3.84. The second-order valence-corrected chi connectivity index (χ2v) is 8.81. The maximum atomic E-state index is 13.4. The van der Waals surface area contributed by atoms with Crippen LogP contribution in [-0.4, -0.2) is 31.7 Å². The highest BCUT2D eigenvalue weighted by atomic mass is 32.2. The SMILES string of the molecule is COC(=O)C1(C(=O)OC)CC(SC(F)(F)F)=C2c3ccccc3C(C)(C)C2C1. The molecule has 1 aromatic carbocycles. The van der Waals surface area contributed by atoms with Gasteiger partial charge < -0.3 is 9.47 Å². The molecule has 4 nitrogen and oxygen atoms in total. The number of halogens is 3. The predicted octanol–water partition coefficient (Wildman–Crippen LogP) is 4.68. The van der Waals surface area contributed by atoms with Crippen molar-refractivity contribution in [3.63, 3.8) is 0 Å². The van der Waals surface area contributed by atoms with Crippen LogP contribution in [0.3, 0.4) is 0 Å². The van der Waals surface area contributed by atoms with Crippen molar-refractivity contribution in [2.24, 2.45) is 11.3 Å². The average molecular weight is 414 g/mol. The summed E-state index contributed by atoms with van der Waals surface area (Å²) in [5.74, 6) is -2.20.